The molecule has 0 atom stereocenters. The van der Waals surface area contributed by atoms with Gasteiger partial charge in [-0.05, 0) is 23.4 Å². The number of aromatic nitrogens is 1. The van der Waals surface area contributed by atoms with Crippen molar-refractivity contribution >= 4 is 34.3 Å². The predicted octanol–water partition coefficient (Wildman–Crippen LogP) is 2.94. The lowest BCUT2D eigenvalue weighted by atomic mass is 10.2. The highest BCUT2D eigenvalue weighted by Gasteiger charge is 2.49. The molecule has 0 fully saturated rings. The van der Waals surface area contributed by atoms with Crippen LogP contribution in [0.15, 0.2) is 24.4 Å². The molecule has 0 spiro atoms. The molecule has 9 heteroatoms. The van der Waals surface area contributed by atoms with E-state index in [4.69, 9.17) is 0 Å². The van der Waals surface area contributed by atoms with Crippen molar-refractivity contribution in [3.8, 4) is 5.75 Å². The highest BCUT2D eigenvalue weighted by atomic mass is 32.2. The maximum Gasteiger partial charge on any atom is 0.534 e. The summed E-state index contributed by atoms with van der Waals surface area (Å²) in [6, 6.07) is 4.46. The number of halogens is 3. The van der Waals surface area contributed by atoms with E-state index in [1.54, 1.807) is 12.3 Å². The molecule has 21 heavy (non-hydrogen) atoms. The first kappa shape index (κ1) is 15.9. The molecular formula is C12H14F3NO3SSi. The van der Waals surface area contributed by atoms with Gasteiger partial charge in [-0.1, -0.05) is 19.6 Å². The molecule has 1 aromatic heterocycles. The van der Waals surface area contributed by atoms with Crippen LogP contribution in [0, 0.1) is 0 Å². The van der Waals surface area contributed by atoms with E-state index >= 15 is 0 Å². The maximum atomic E-state index is 12.5. The first-order valence-corrected chi connectivity index (χ1v) is 11.0. The first-order valence-electron chi connectivity index (χ1n) is 6.05. The van der Waals surface area contributed by atoms with Crippen LogP contribution < -0.4 is 9.37 Å². The molecule has 0 radical (unpaired) electrons. The van der Waals surface area contributed by atoms with Crippen LogP contribution in [-0.2, 0) is 10.1 Å². The SMILES string of the molecule is C[Si](C)(C)c1c(OS(=O)(=O)C(F)(F)F)ccc2[nH]ccc12. The standard InChI is InChI=1S/C12H14F3NO3SSi/c1-21(2,3)11-8-6-7-16-9(8)4-5-10(11)19-20(17,18)12(13,14)15/h4-7,16H,1-3H3. The van der Waals surface area contributed by atoms with Gasteiger partial charge < -0.3 is 9.17 Å². The minimum atomic E-state index is -5.67. The Balaban J connectivity index is 2.65. The van der Waals surface area contributed by atoms with Gasteiger partial charge in [0, 0.05) is 17.1 Å². The molecular weight excluding hydrogens is 323 g/mol. The van der Waals surface area contributed by atoms with E-state index in [1.807, 2.05) is 19.6 Å². The second kappa shape index (κ2) is 4.77. The number of aromatic amines is 1. The van der Waals surface area contributed by atoms with Crippen LogP contribution in [-0.4, -0.2) is 27.0 Å². The third kappa shape index (κ3) is 2.93. The molecule has 2 rings (SSSR count). The highest BCUT2D eigenvalue weighted by molar-refractivity contribution is 7.88. The summed E-state index contributed by atoms with van der Waals surface area (Å²) >= 11 is 0. The molecule has 0 amide bonds. The molecule has 2 aromatic rings. The summed E-state index contributed by atoms with van der Waals surface area (Å²) in [6.07, 6.45) is 1.65. The number of hydrogen-bond donors (Lipinski definition) is 1. The molecule has 0 aliphatic carbocycles. The summed E-state index contributed by atoms with van der Waals surface area (Å²) in [6.45, 7) is 5.71. The van der Waals surface area contributed by atoms with Gasteiger partial charge in [-0.3, -0.25) is 0 Å². The van der Waals surface area contributed by atoms with Crippen LogP contribution in [0.4, 0.5) is 13.2 Å². The van der Waals surface area contributed by atoms with Crippen LogP contribution in [0.1, 0.15) is 0 Å². The molecule has 0 aliphatic rings. The fourth-order valence-corrected chi connectivity index (χ4v) is 4.57. The molecule has 4 nitrogen and oxygen atoms in total. The van der Waals surface area contributed by atoms with Crippen molar-refractivity contribution in [1.29, 1.82) is 0 Å². The predicted molar refractivity (Wildman–Crippen MR) is 76.9 cm³/mol. The number of nitrogens with one attached hydrogen (secondary N) is 1. The van der Waals surface area contributed by atoms with E-state index in [1.165, 1.54) is 12.1 Å². The van der Waals surface area contributed by atoms with Crippen LogP contribution in [0.3, 0.4) is 0 Å². The number of rotatable bonds is 3. The third-order valence-electron chi connectivity index (χ3n) is 2.93. The Kier molecular flexibility index (Phi) is 3.61. The monoisotopic (exact) mass is 337 g/mol. The summed E-state index contributed by atoms with van der Waals surface area (Å²) in [4.78, 5) is 2.95. The van der Waals surface area contributed by atoms with Crippen LogP contribution in [0.5, 0.6) is 5.75 Å². The zero-order valence-electron chi connectivity index (χ0n) is 11.6. The smallest absolute Gasteiger partial charge is 0.376 e. The van der Waals surface area contributed by atoms with Crippen molar-refractivity contribution in [2.75, 3.05) is 0 Å². The van der Waals surface area contributed by atoms with Crippen molar-refractivity contribution < 1.29 is 25.8 Å². The quantitative estimate of drug-likeness (QED) is 0.532. The molecule has 1 heterocycles. The van der Waals surface area contributed by atoms with Crippen molar-refractivity contribution in [2.45, 2.75) is 25.1 Å². The van der Waals surface area contributed by atoms with Gasteiger partial charge in [-0.2, -0.15) is 21.6 Å². The zero-order valence-corrected chi connectivity index (χ0v) is 13.4. The Morgan fingerprint density at radius 3 is 2.29 bits per heavy atom. The van der Waals surface area contributed by atoms with Gasteiger partial charge in [0.1, 0.15) is 5.75 Å². The van der Waals surface area contributed by atoms with Gasteiger partial charge in [0.25, 0.3) is 0 Å². The van der Waals surface area contributed by atoms with Crippen LogP contribution in [0.2, 0.25) is 19.6 Å². The topological polar surface area (TPSA) is 59.2 Å². The summed E-state index contributed by atoms with van der Waals surface area (Å²) in [5.74, 6) is -0.251. The fourth-order valence-electron chi connectivity index (χ4n) is 2.12. The van der Waals surface area contributed by atoms with Gasteiger partial charge in [0.2, 0.25) is 0 Å². The van der Waals surface area contributed by atoms with Gasteiger partial charge >= 0.3 is 15.6 Å². The second-order valence-electron chi connectivity index (χ2n) is 5.61. The minimum absolute atomic E-state index is 0.251. The van der Waals surface area contributed by atoms with E-state index in [0.29, 0.717) is 10.6 Å². The van der Waals surface area contributed by atoms with Crippen molar-refractivity contribution in [1.82, 2.24) is 4.98 Å². The largest absolute Gasteiger partial charge is 0.534 e. The molecule has 0 bridgehead atoms. The maximum absolute atomic E-state index is 12.5. The van der Waals surface area contributed by atoms with Crippen molar-refractivity contribution in [3.05, 3.63) is 24.4 Å². The van der Waals surface area contributed by atoms with E-state index in [9.17, 15) is 21.6 Å². The minimum Gasteiger partial charge on any atom is -0.376 e. The van der Waals surface area contributed by atoms with Crippen LogP contribution >= 0.6 is 0 Å². The number of fused-ring (bicyclic) bond motifs is 1. The summed E-state index contributed by atoms with van der Waals surface area (Å²) in [5, 5.41) is 1.22. The molecule has 0 saturated carbocycles. The normalized spacial score (nSPS) is 13.6. The van der Waals surface area contributed by atoms with Gasteiger partial charge in [-0.25, -0.2) is 0 Å². The summed E-state index contributed by atoms with van der Waals surface area (Å²) < 4.78 is 64.3. The Morgan fingerprint density at radius 1 is 1.14 bits per heavy atom. The second-order valence-corrected chi connectivity index (χ2v) is 12.1. The van der Waals surface area contributed by atoms with E-state index in [-0.39, 0.29) is 5.75 Å². The average Bonchev–Trinajstić information content (AvgIpc) is 2.72. The lowest BCUT2D eigenvalue weighted by Gasteiger charge is -2.22. The summed E-state index contributed by atoms with van der Waals surface area (Å²) in [7, 11) is -7.81. The van der Waals surface area contributed by atoms with Crippen molar-refractivity contribution in [3.63, 3.8) is 0 Å². The Morgan fingerprint density at radius 2 is 1.76 bits per heavy atom. The number of H-pyrrole nitrogens is 1. The highest BCUT2D eigenvalue weighted by Crippen LogP contribution is 2.29. The molecule has 1 aromatic carbocycles. The molecule has 0 aliphatic heterocycles. The molecule has 1 N–H and O–H groups in total. The van der Waals surface area contributed by atoms with Crippen LogP contribution in [0.25, 0.3) is 10.9 Å². The number of hydrogen-bond acceptors (Lipinski definition) is 3. The molecule has 0 unspecified atom stereocenters. The number of alkyl halides is 3. The Bertz CT molecular complexity index is 775. The van der Waals surface area contributed by atoms with Gasteiger partial charge in [0.05, 0.1) is 8.07 Å². The van der Waals surface area contributed by atoms with E-state index < -0.39 is 23.7 Å². The Labute approximate surface area is 121 Å². The fraction of sp³-hybridized carbons (Fsp3) is 0.333. The number of benzene rings is 1. The molecule has 0 saturated heterocycles. The first-order chi connectivity index (χ1) is 9.43. The van der Waals surface area contributed by atoms with E-state index in [2.05, 4.69) is 9.17 Å². The lowest BCUT2D eigenvalue weighted by molar-refractivity contribution is -0.0499. The lowest BCUT2D eigenvalue weighted by Crippen LogP contribution is -2.40. The van der Waals surface area contributed by atoms with Gasteiger partial charge in [-0.15, -0.1) is 0 Å². The third-order valence-corrected chi connectivity index (χ3v) is 5.91. The Hall–Kier alpha value is -1.48. The summed E-state index contributed by atoms with van der Waals surface area (Å²) in [5.41, 5.74) is -4.72. The van der Waals surface area contributed by atoms with E-state index in [0.717, 1.165) is 5.52 Å². The average molecular weight is 337 g/mol. The van der Waals surface area contributed by atoms with Crippen molar-refractivity contribution in [2.24, 2.45) is 0 Å². The van der Waals surface area contributed by atoms with Gasteiger partial charge in [0.15, 0.2) is 0 Å². The zero-order chi connectivity index (χ0) is 16.1. The molecule has 116 valence electrons.